The van der Waals surface area contributed by atoms with Crippen molar-refractivity contribution in [2.75, 3.05) is 13.7 Å². The minimum atomic E-state index is -0.927. The monoisotopic (exact) mass is 338 g/mol. The molecule has 0 radical (unpaired) electrons. The molecule has 4 heteroatoms. The van der Waals surface area contributed by atoms with Crippen LogP contribution in [0.1, 0.15) is 29.5 Å². The molecule has 2 aromatic carbocycles. The van der Waals surface area contributed by atoms with Gasteiger partial charge in [-0.25, -0.2) is 0 Å². The summed E-state index contributed by atoms with van der Waals surface area (Å²) in [5.41, 5.74) is 1.31. The van der Waals surface area contributed by atoms with Gasteiger partial charge < -0.3 is 14.6 Å². The number of methoxy groups -OCH3 is 1. The summed E-state index contributed by atoms with van der Waals surface area (Å²) in [5.74, 6) is -0.246. The van der Waals surface area contributed by atoms with Crippen molar-refractivity contribution >= 4 is 5.97 Å². The molecule has 2 aliphatic rings. The van der Waals surface area contributed by atoms with E-state index in [-0.39, 0.29) is 18.7 Å². The molecule has 1 aliphatic heterocycles. The van der Waals surface area contributed by atoms with Crippen LogP contribution in [0.3, 0.4) is 0 Å². The number of aliphatic hydroxyl groups excluding tert-OH is 1. The lowest BCUT2D eigenvalue weighted by molar-refractivity contribution is -0.209. The van der Waals surface area contributed by atoms with Crippen LogP contribution in [-0.2, 0) is 26.3 Å². The van der Waals surface area contributed by atoms with Crippen molar-refractivity contribution in [3.8, 4) is 0 Å². The number of fused-ring (bicyclic) bond motifs is 3. The van der Waals surface area contributed by atoms with Gasteiger partial charge in [0.1, 0.15) is 11.0 Å². The molecule has 0 spiro atoms. The third-order valence-corrected chi connectivity index (χ3v) is 5.76. The molecule has 2 aromatic rings. The third kappa shape index (κ3) is 2.11. The average Bonchev–Trinajstić information content (AvgIpc) is 2.99. The molecule has 4 nitrogen and oxygen atoms in total. The van der Waals surface area contributed by atoms with E-state index < -0.39 is 11.0 Å². The van der Waals surface area contributed by atoms with Crippen LogP contribution in [0.4, 0.5) is 0 Å². The Kier molecular flexibility index (Phi) is 3.89. The Hall–Kier alpha value is -2.17. The highest BCUT2D eigenvalue weighted by Gasteiger charge is 2.66. The van der Waals surface area contributed by atoms with Gasteiger partial charge in [0.05, 0.1) is 19.8 Å². The van der Waals surface area contributed by atoms with Crippen LogP contribution in [0, 0.1) is 5.41 Å². The van der Waals surface area contributed by atoms with E-state index in [1.165, 1.54) is 7.11 Å². The molecule has 1 fully saturated rings. The van der Waals surface area contributed by atoms with Gasteiger partial charge in [-0.1, -0.05) is 54.6 Å². The highest BCUT2D eigenvalue weighted by molar-refractivity contribution is 5.83. The molecule has 25 heavy (non-hydrogen) atoms. The Labute approximate surface area is 147 Å². The number of esters is 1. The van der Waals surface area contributed by atoms with Crippen LogP contribution in [0.25, 0.3) is 0 Å². The van der Waals surface area contributed by atoms with Crippen LogP contribution >= 0.6 is 0 Å². The molecule has 1 aliphatic carbocycles. The molecule has 3 atom stereocenters. The number of carbonyl (C=O) groups is 1. The van der Waals surface area contributed by atoms with Crippen molar-refractivity contribution in [2.45, 2.75) is 31.0 Å². The SMILES string of the molecule is COC(=O)[C@@]12CC[C@@H](CO)O[C@]1(c1ccccc1)c1ccccc1C2. The molecular weight excluding hydrogens is 316 g/mol. The minimum absolute atomic E-state index is 0.0615. The maximum absolute atomic E-state index is 13.0. The van der Waals surface area contributed by atoms with Gasteiger partial charge in [0, 0.05) is 0 Å². The van der Waals surface area contributed by atoms with E-state index >= 15 is 0 Å². The van der Waals surface area contributed by atoms with Crippen molar-refractivity contribution in [1.82, 2.24) is 0 Å². The first-order chi connectivity index (χ1) is 12.2. The summed E-state index contributed by atoms with van der Waals surface area (Å²) in [6.07, 6.45) is 1.54. The molecule has 1 N–H and O–H groups in total. The van der Waals surface area contributed by atoms with Crippen molar-refractivity contribution in [2.24, 2.45) is 5.41 Å². The molecule has 4 rings (SSSR count). The molecular formula is C21H22O4. The van der Waals surface area contributed by atoms with Crippen LogP contribution in [0.5, 0.6) is 0 Å². The van der Waals surface area contributed by atoms with Crippen molar-refractivity contribution in [1.29, 1.82) is 0 Å². The fourth-order valence-corrected chi connectivity index (χ4v) is 4.70. The van der Waals surface area contributed by atoms with Gasteiger partial charge in [0.2, 0.25) is 0 Å². The molecule has 1 saturated heterocycles. The maximum atomic E-state index is 13.0. The predicted molar refractivity (Wildman–Crippen MR) is 93.0 cm³/mol. The Bertz CT molecular complexity index is 787. The zero-order chi connectivity index (χ0) is 17.5. The summed E-state index contributed by atoms with van der Waals surface area (Å²) in [4.78, 5) is 13.0. The zero-order valence-corrected chi connectivity index (χ0v) is 14.3. The number of carbonyl (C=O) groups excluding carboxylic acids is 1. The summed E-state index contributed by atoms with van der Waals surface area (Å²) in [6, 6.07) is 17.9. The van der Waals surface area contributed by atoms with Crippen LogP contribution in [0.2, 0.25) is 0 Å². The summed E-state index contributed by atoms with van der Waals surface area (Å²) in [7, 11) is 1.44. The molecule has 1 heterocycles. The smallest absolute Gasteiger partial charge is 0.315 e. The Morgan fingerprint density at radius 3 is 2.64 bits per heavy atom. The maximum Gasteiger partial charge on any atom is 0.315 e. The highest BCUT2D eigenvalue weighted by Crippen LogP contribution is 2.61. The summed E-state index contributed by atoms with van der Waals surface area (Å²) in [5, 5.41) is 9.76. The first-order valence-electron chi connectivity index (χ1n) is 8.69. The topological polar surface area (TPSA) is 55.8 Å². The van der Waals surface area contributed by atoms with E-state index in [4.69, 9.17) is 9.47 Å². The largest absolute Gasteiger partial charge is 0.468 e. The van der Waals surface area contributed by atoms with Crippen molar-refractivity contribution in [3.05, 3.63) is 71.3 Å². The van der Waals surface area contributed by atoms with Crippen molar-refractivity contribution < 1.29 is 19.4 Å². The van der Waals surface area contributed by atoms with Gasteiger partial charge in [-0.05, 0) is 36.0 Å². The number of hydrogen-bond donors (Lipinski definition) is 1. The first-order valence-corrected chi connectivity index (χ1v) is 8.69. The minimum Gasteiger partial charge on any atom is -0.468 e. The second kappa shape index (κ2) is 5.97. The van der Waals surface area contributed by atoms with E-state index in [0.717, 1.165) is 16.7 Å². The molecule has 0 amide bonds. The fourth-order valence-electron chi connectivity index (χ4n) is 4.70. The lowest BCUT2D eigenvalue weighted by atomic mass is 9.64. The summed E-state index contributed by atoms with van der Waals surface area (Å²) < 4.78 is 11.8. The van der Waals surface area contributed by atoms with Gasteiger partial charge in [0.15, 0.2) is 0 Å². The Balaban J connectivity index is 2.02. The quantitative estimate of drug-likeness (QED) is 0.875. The van der Waals surface area contributed by atoms with Gasteiger partial charge in [-0.3, -0.25) is 4.79 Å². The normalized spacial score (nSPS) is 30.4. The molecule has 0 saturated carbocycles. The average molecular weight is 338 g/mol. The lowest BCUT2D eigenvalue weighted by Crippen LogP contribution is -2.56. The third-order valence-electron chi connectivity index (χ3n) is 5.76. The molecule has 0 bridgehead atoms. The first kappa shape index (κ1) is 16.3. The van der Waals surface area contributed by atoms with Gasteiger partial charge in [-0.2, -0.15) is 0 Å². The van der Waals surface area contributed by atoms with Crippen molar-refractivity contribution in [3.63, 3.8) is 0 Å². The van der Waals surface area contributed by atoms with E-state index in [1.807, 2.05) is 48.5 Å². The zero-order valence-electron chi connectivity index (χ0n) is 14.3. The lowest BCUT2D eigenvalue weighted by Gasteiger charge is -2.50. The van der Waals surface area contributed by atoms with Gasteiger partial charge in [-0.15, -0.1) is 0 Å². The molecule has 130 valence electrons. The van der Waals surface area contributed by atoms with E-state index in [0.29, 0.717) is 19.3 Å². The van der Waals surface area contributed by atoms with Crippen LogP contribution in [-0.4, -0.2) is 30.9 Å². The second-order valence-corrected chi connectivity index (χ2v) is 6.92. The van der Waals surface area contributed by atoms with E-state index in [9.17, 15) is 9.90 Å². The molecule has 0 aromatic heterocycles. The van der Waals surface area contributed by atoms with Gasteiger partial charge >= 0.3 is 5.97 Å². The predicted octanol–water partition coefficient (Wildman–Crippen LogP) is 2.82. The fraction of sp³-hybridized carbons (Fsp3) is 0.381. The van der Waals surface area contributed by atoms with Crippen LogP contribution < -0.4 is 0 Å². The summed E-state index contributed by atoms with van der Waals surface area (Å²) >= 11 is 0. The molecule has 0 unspecified atom stereocenters. The number of hydrogen-bond acceptors (Lipinski definition) is 4. The Morgan fingerprint density at radius 1 is 1.20 bits per heavy atom. The Morgan fingerprint density at radius 2 is 1.92 bits per heavy atom. The number of ether oxygens (including phenoxy) is 2. The van der Waals surface area contributed by atoms with Gasteiger partial charge in [0.25, 0.3) is 0 Å². The number of aliphatic hydroxyl groups is 1. The van der Waals surface area contributed by atoms with E-state index in [2.05, 4.69) is 6.07 Å². The number of rotatable bonds is 3. The summed E-state index contributed by atoms with van der Waals surface area (Å²) in [6.45, 7) is -0.0615. The van der Waals surface area contributed by atoms with Crippen LogP contribution in [0.15, 0.2) is 54.6 Å². The standard InChI is InChI=1S/C21H22O4/c1-24-19(23)20-12-11-17(14-22)25-21(20,16-8-3-2-4-9-16)18-10-6-5-7-15(18)13-20/h2-10,17,22H,11-14H2,1H3/t17-,20-,21+/m0/s1. The highest BCUT2D eigenvalue weighted by atomic mass is 16.5. The second-order valence-electron chi connectivity index (χ2n) is 6.92. The van der Waals surface area contributed by atoms with E-state index in [1.54, 1.807) is 0 Å². The number of benzene rings is 2.